The molecule has 1 heterocycles. The van der Waals surface area contributed by atoms with Crippen LogP contribution in [0.15, 0.2) is 16.6 Å². The van der Waals surface area contributed by atoms with Crippen molar-refractivity contribution >= 4 is 44.3 Å². The highest BCUT2D eigenvalue weighted by Gasteiger charge is 2.17. The molecule has 0 radical (unpaired) electrons. The van der Waals surface area contributed by atoms with Gasteiger partial charge >= 0.3 is 0 Å². The Morgan fingerprint density at radius 3 is 2.45 bits per heavy atom. The molecule has 1 aromatic heterocycles. The Morgan fingerprint density at radius 1 is 1.25 bits per heavy atom. The monoisotopic (exact) mass is 451 g/mol. The second-order valence-corrected chi connectivity index (χ2v) is 5.88. The van der Waals surface area contributed by atoms with E-state index in [1.165, 1.54) is 0 Å². The molecular weight excluding hydrogens is 437 g/mol. The number of hydrogen-bond acceptors (Lipinski definition) is 4. The standard InChI is InChI=1S/C13H15BrIN3O2/c1-3-19-9-6-8(14)10(20-4-2)5-7(9)12-11(15)13(16)18-17-12/h5-6H,3-4H2,1-2H3,(H3,16,17,18). The molecule has 1 aromatic carbocycles. The Morgan fingerprint density at radius 2 is 1.90 bits per heavy atom. The summed E-state index contributed by atoms with van der Waals surface area (Å²) in [6.45, 7) is 5.06. The molecule has 0 amide bonds. The molecule has 3 N–H and O–H groups in total. The van der Waals surface area contributed by atoms with Crippen LogP contribution >= 0.6 is 38.5 Å². The van der Waals surface area contributed by atoms with Crippen molar-refractivity contribution < 1.29 is 9.47 Å². The first-order chi connectivity index (χ1) is 9.58. The van der Waals surface area contributed by atoms with Gasteiger partial charge in [0.2, 0.25) is 0 Å². The summed E-state index contributed by atoms with van der Waals surface area (Å²) >= 11 is 5.65. The molecule has 0 atom stereocenters. The van der Waals surface area contributed by atoms with Crippen LogP contribution in [0.25, 0.3) is 11.3 Å². The van der Waals surface area contributed by atoms with Crippen molar-refractivity contribution in [2.75, 3.05) is 18.9 Å². The van der Waals surface area contributed by atoms with Crippen molar-refractivity contribution in [2.24, 2.45) is 0 Å². The zero-order chi connectivity index (χ0) is 14.7. The molecule has 7 heteroatoms. The third-order valence-corrected chi connectivity index (χ3v) is 4.35. The van der Waals surface area contributed by atoms with Crippen LogP contribution in [-0.2, 0) is 0 Å². The average molecular weight is 452 g/mol. The topological polar surface area (TPSA) is 73.2 Å². The van der Waals surface area contributed by atoms with Gasteiger partial charge in [-0.25, -0.2) is 0 Å². The Labute approximate surface area is 139 Å². The molecule has 0 aliphatic heterocycles. The number of nitrogen functional groups attached to an aromatic ring is 1. The van der Waals surface area contributed by atoms with Gasteiger partial charge in [0.25, 0.3) is 0 Å². The van der Waals surface area contributed by atoms with Gasteiger partial charge in [0.05, 0.1) is 27.0 Å². The zero-order valence-electron chi connectivity index (χ0n) is 11.2. The summed E-state index contributed by atoms with van der Waals surface area (Å²) in [5.74, 6) is 1.99. The van der Waals surface area contributed by atoms with Crippen LogP contribution < -0.4 is 15.2 Å². The van der Waals surface area contributed by atoms with Crippen molar-refractivity contribution in [3.05, 3.63) is 20.2 Å². The third-order valence-electron chi connectivity index (χ3n) is 2.64. The first-order valence-electron chi connectivity index (χ1n) is 6.17. The van der Waals surface area contributed by atoms with E-state index in [1.807, 2.05) is 26.0 Å². The third kappa shape index (κ3) is 3.03. The molecule has 0 unspecified atom stereocenters. The minimum absolute atomic E-state index is 0.476. The molecule has 0 aliphatic carbocycles. The van der Waals surface area contributed by atoms with Crippen LogP contribution in [0.3, 0.4) is 0 Å². The van der Waals surface area contributed by atoms with Gasteiger partial charge in [-0.3, -0.25) is 5.10 Å². The maximum atomic E-state index is 5.80. The van der Waals surface area contributed by atoms with Crippen molar-refractivity contribution in [1.82, 2.24) is 10.2 Å². The second-order valence-electron chi connectivity index (χ2n) is 3.94. The summed E-state index contributed by atoms with van der Waals surface area (Å²) in [6, 6.07) is 3.82. The fourth-order valence-corrected chi connectivity index (χ4v) is 2.76. The minimum Gasteiger partial charge on any atom is -0.493 e. The summed E-state index contributed by atoms with van der Waals surface area (Å²) in [6.07, 6.45) is 0. The van der Waals surface area contributed by atoms with Gasteiger partial charge < -0.3 is 15.2 Å². The number of anilines is 1. The Kier molecular flexibility index (Phi) is 5.14. The predicted molar refractivity (Wildman–Crippen MR) is 91.2 cm³/mol. The van der Waals surface area contributed by atoms with Gasteiger partial charge in [0.15, 0.2) is 5.82 Å². The number of nitrogens with two attached hydrogens (primary N) is 1. The van der Waals surface area contributed by atoms with E-state index in [2.05, 4.69) is 48.7 Å². The van der Waals surface area contributed by atoms with Gasteiger partial charge in [-0.2, -0.15) is 5.10 Å². The number of nitrogens with one attached hydrogen (secondary N) is 1. The normalized spacial score (nSPS) is 10.6. The van der Waals surface area contributed by atoms with E-state index in [0.29, 0.717) is 19.0 Å². The highest BCUT2D eigenvalue weighted by Crippen LogP contribution is 2.40. The van der Waals surface area contributed by atoms with E-state index < -0.39 is 0 Å². The second kappa shape index (κ2) is 6.66. The van der Waals surface area contributed by atoms with Crippen LogP contribution in [0.5, 0.6) is 11.5 Å². The minimum atomic E-state index is 0.476. The van der Waals surface area contributed by atoms with E-state index >= 15 is 0 Å². The Bertz CT molecular complexity index is 616. The fourth-order valence-electron chi connectivity index (χ4n) is 1.79. The highest BCUT2D eigenvalue weighted by molar-refractivity contribution is 14.1. The molecule has 0 saturated heterocycles. The number of aromatic nitrogens is 2. The quantitative estimate of drug-likeness (QED) is 0.677. The lowest BCUT2D eigenvalue weighted by molar-refractivity contribution is 0.330. The molecule has 0 spiro atoms. The van der Waals surface area contributed by atoms with Gasteiger partial charge in [-0.15, -0.1) is 0 Å². The van der Waals surface area contributed by atoms with Crippen molar-refractivity contribution in [1.29, 1.82) is 0 Å². The van der Waals surface area contributed by atoms with Crippen LogP contribution in [-0.4, -0.2) is 23.4 Å². The molecular formula is C13H15BrIN3O2. The van der Waals surface area contributed by atoms with Gasteiger partial charge in [-0.05, 0) is 64.5 Å². The predicted octanol–water partition coefficient (Wildman–Crippen LogP) is 3.82. The number of hydrogen-bond donors (Lipinski definition) is 2. The number of benzene rings is 1. The lowest BCUT2D eigenvalue weighted by Gasteiger charge is -2.13. The zero-order valence-corrected chi connectivity index (χ0v) is 14.9. The summed E-state index contributed by atoms with van der Waals surface area (Å²) in [5.41, 5.74) is 7.51. The van der Waals surface area contributed by atoms with E-state index in [4.69, 9.17) is 15.2 Å². The van der Waals surface area contributed by atoms with E-state index in [0.717, 1.165) is 30.8 Å². The highest BCUT2D eigenvalue weighted by atomic mass is 127. The Balaban J connectivity index is 2.58. The maximum Gasteiger partial charge on any atom is 0.159 e. The summed E-state index contributed by atoms with van der Waals surface area (Å²) in [7, 11) is 0. The van der Waals surface area contributed by atoms with Crippen LogP contribution in [0.1, 0.15) is 13.8 Å². The molecule has 20 heavy (non-hydrogen) atoms. The van der Waals surface area contributed by atoms with Gasteiger partial charge in [0, 0.05) is 5.56 Å². The number of ether oxygens (including phenoxy) is 2. The molecule has 5 nitrogen and oxygen atoms in total. The Hall–Kier alpha value is -0.960. The van der Waals surface area contributed by atoms with E-state index in [9.17, 15) is 0 Å². The molecule has 2 rings (SSSR count). The molecule has 108 valence electrons. The maximum absolute atomic E-state index is 5.80. The van der Waals surface area contributed by atoms with Crippen LogP contribution in [0.4, 0.5) is 5.82 Å². The number of halogens is 2. The van der Waals surface area contributed by atoms with Gasteiger partial charge in [0.1, 0.15) is 11.5 Å². The largest absolute Gasteiger partial charge is 0.493 e. The summed E-state index contributed by atoms with van der Waals surface area (Å²) < 4.78 is 13.0. The molecule has 0 saturated carbocycles. The van der Waals surface area contributed by atoms with Gasteiger partial charge in [-0.1, -0.05) is 0 Å². The number of nitrogens with zero attached hydrogens (tertiary/aromatic N) is 1. The smallest absolute Gasteiger partial charge is 0.159 e. The number of aromatic amines is 1. The van der Waals surface area contributed by atoms with Crippen molar-refractivity contribution in [2.45, 2.75) is 13.8 Å². The SMILES string of the molecule is CCOc1cc(-c2[nH]nc(N)c2I)c(OCC)cc1Br. The average Bonchev–Trinajstić information content (AvgIpc) is 2.74. The first kappa shape index (κ1) is 15.4. The first-order valence-corrected chi connectivity index (χ1v) is 8.04. The molecule has 0 bridgehead atoms. The van der Waals surface area contributed by atoms with Crippen molar-refractivity contribution in [3.63, 3.8) is 0 Å². The molecule has 0 fully saturated rings. The van der Waals surface area contributed by atoms with Crippen LogP contribution in [0, 0.1) is 3.57 Å². The lowest BCUT2D eigenvalue weighted by atomic mass is 10.1. The van der Waals surface area contributed by atoms with E-state index in [-0.39, 0.29) is 0 Å². The number of H-pyrrole nitrogens is 1. The van der Waals surface area contributed by atoms with E-state index in [1.54, 1.807) is 0 Å². The summed E-state index contributed by atoms with van der Waals surface area (Å²) in [5, 5.41) is 6.97. The lowest BCUT2D eigenvalue weighted by Crippen LogP contribution is -1.98. The summed E-state index contributed by atoms with van der Waals surface area (Å²) in [4.78, 5) is 0. The van der Waals surface area contributed by atoms with Crippen LogP contribution in [0.2, 0.25) is 0 Å². The number of rotatable bonds is 5. The molecule has 0 aliphatic rings. The fraction of sp³-hybridized carbons (Fsp3) is 0.308. The molecule has 2 aromatic rings. The van der Waals surface area contributed by atoms with Crippen molar-refractivity contribution in [3.8, 4) is 22.8 Å².